The Morgan fingerprint density at radius 1 is 0.923 bits per heavy atom. The molecule has 0 amide bonds. The van der Waals surface area contributed by atoms with Gasteiger partial charge in [0.05, 0.1) is 13.7 Å². The largest absolute Gasteiger partial charge is 0.631 e. The first-order chi connectivity index (χ1) is 10.8. The van der Waals surface area contributed by atoms with Gasteiger partial charge in [0, 0.05) is 0 Å². The molecule has 0 saturated heterocycles. The quantitative estimate of drug-likeness (QED) is 0.328. The van der Waals surface area contributed by atoms with E-state index in [0.717, 1.165) is 24.0 Å². The van der Waals surface area contributed by atoms with Gasteiger partial charge < -0.3 is 43.0 Å². The molecule has 1 rings (SSSR count). The van der Waals surface area contributed by atoms with Gasteiger partial charge in [-0.1, -0.05) is 13.8 Å². The Kier molecular flexibility index (Phi) is 19.2. The lowest BCUT2D eigenvalue weighted by atomic mass is 9.89. The fourth-order valence-electron chi connectivity index (χ4n) is 2.64. The second kappa shape index (κ2) is 15.6. The molecule has 0 bridgehead atoms. The number of hydrogen-bond donors (Lipinski definition) is 6. The average Bonchev–Trinajstić information content (AvgIpc) is 2.48. The maximum absolute atomic E-state index is 12.2. The van der Waals surface area contributed by atoms with Crippen LogP contribution in [0.3, 0.4) is 0 Å². The van der Waals surface area contributed by atoms with Crippen molar-refractivity contribution < 1.29 is 29.3 Å². The van der Waals surface area contributed by atoms with Gasteiger partial charge in [-0.15, -0.1) is 0 Å². The van der Waals surface area contributed by atoms with Gasteiger partial charge in [0.15, 0.2) is 0 Å². The maximum atomic E-state index is 12.2. The van der Waals surface area contributed by atoms with Crippen LogP contribution >= 0.6 is 0 Å². The van der Waals surface area contributed by atoms with E-state index >= 15 is 0 Å². The third-order valence-corrected chi connectivity index (χ3v) is 3.64. The average molecular weight is 377 g/mol. The Morgan fingerprint density at radius 2 is 1.35 bits per heavy atom. The lowest BCUT2D eigenvalue weighted by Gasteiger charge is -2.21. The first kappa shape index (κ1) is 32.0. The van der Waals surface area contributed by atoms with Crippen LogP contribution in [0, 0.1) is 13.8 Å². The molecule has 26 heavy (non-hydrogen) atoms. The Bertz CT molecular complexity index is 539. The highest BCUT2D eigenvalue weighted by atomic mass is 16.5. The predicted molar refractivity (Wildman–Crippen MR) is 105 cm³/mol. The monoisotopic (exact) mass is 377 g/mol. The second-order valence-corrected chi connectivity index (χ2v) is 4.89. The number of benzene rings is 1. The van der Waals surface area contributed by atoms with Crippen molar-refractivity contribution >= 4 is 13.3 Å². The minimum atomic E-state index is -2.17. The summed E-state index contributed by atoms with van der Waals surface area (Å²) in [5.74, 6) is 0.374. The van der Waals surface area contributed by atoms with Crippen molar-refractivity contribution in [2.75, 3.05) is 13.7 Å². The summed E-state index contributed by atoms with van der Waals surface area (Å²) in [5, 5.41) is 21.5. The first-order valence-electron chi connectivity index (χ1n) is 7.66. The summed E-state index contributed by atoms with van der Waals surface area (Å²) < 4.78 is 10.7. The number of methoxy groups -OCH3 is 1. The number of esters is 1. The second-order valence-electron chi connectivity index (χ2n) is 4.89. The summed E-state index contributed by atoms with van der Waals surface area (Å²) in [5.41, 5.74) is 5.14. The molecule has 0 aromatic heterocycles. The van der Waals surface area contributed by atoms with Gasteiger partial charge in [0.2, 0.25) is 0 Å². The molecule has 0 fully saturated rings. The van der Waals surface area contributed by atoms with Crippen molar-refractivity contribution in [3.8, 4) is 5.75 Å². The fraction of sp³-hybridized carbons (Fsp3) is 0.562. The topological polar surface area (TPSA) is 201 Å². The summed E-state index contributed by atoms with van der Waals surface area (Å²) in [6.07, 6.45) is 1.71. The van der Waals surface area contributed by atoms with Gasteiger partial charge in [-0.05, 0) is 55.9 Å². The van der Waals surface area contributed by atoms with Crippen molar-refractivity contribution in [1.82, 2.24) is 18.5 Å². The molecule has 0 spiro atoms. The Balaban J connectivity index is -0.000000314. The Labute approximate surface area is 156 Å². The molecule has 12 N–H and O–H groups in total. The van der Waals surface area contributed by atoms with Crippen LogP contribution in [0.5, 0.6) is 5.75 Å². The van der Waals surface area contributed by atoms with Gasteiger partial charge in [-0.3, -0.25) is 0 Å². The first-order valence-corrected chi connectivity index (χ1v) is 7.66. The van der Waals surface area contributed by atoms with Crippen molar-refractivity contribution in [1.29, 1.82) is 0 Å². The molecule has 0 atom stereocenters. The summed E-state index contributed by atoms with van der Waals surface area (Å²) in [6.45, 7) is 10.4. The van der Waals surface area contributed by atoms with Crippen LogP contribution in [0.4, 0.5) is 0 Å². The van der Waals surface area contributed by atoms with Gasteiger partial charge in [0.25, 0.3) is 0 Å². The van der Waals surface area contributed by atoms with Gasteiger partial charge in [0.1, 0.15) is 11.3 Å². The van der Waals surface area contributed by atoms with E-state index in [1.54, 1.807) is 7.11 Å². The van der Waals surface area contributed by atoms with Gasteiger partial charge in [-0.25, -0.2) is 4.79 Å². The van der Waals surface area contributed by atoms with E-state index in [2.05, 4.69) is 20.8 Å². The van der Waals surface area contributed by atoms with Crippen LogP contribution in [-0.4, -0.2) is 42.1 Å². The van der Waals surface area contributed by atoms with Crippen LogP contribution < -0.4 is 23.2 Å². The van der Waals surface area contributed by atoms with E-state index in [9.17, 15) is 4.79 Å². The van der Waals surface area contributed by atoms with E-state index in [1.165, 1.54) is 11.1 Å². The molecule has 1 aromatic carbocycles. The maximum Gasteiger partial charge on any atom is 0.631 e. The van der Waals surface area contributed by atoms with E-state index in [1.807, 2.05) is 13.8 Å². The summed E-state index contributed by atoms with van der Waals surface area (Å²) >= 11 is 0. The molecule has 0 aliphatic heterocycles. The van der Waals surface area contributed by atoms with E-state index in [-0.39, 0.29) is 24.4 Å². The zero-order valence-corrected chi connectivity index (χ0v) is 16.9. The molecular formula is C16H36BN3O6. The molecule has 9 nitrogen and oxygen atoms in total. The standard InChI is InChI=1S/C16H24O3.BH3O3.3H3N/c1-7-12-10(4)11(5)15(18-6)14(13(12)8-2)16(17)19-9-3;2-1(3)4;;;/h7-9H2,1-6H3;2-4H;3*1H3. The fourth-order valence-corrected chi connectivity index (χ4v) is 2.64. The molecule has 0 unspecified atom stereocenters. The Morgan fingerprint density at radius 3 is 1.65 bits per heavy atom. The smallest absolute Gasteiger partial charge is 0.496 e. The summed E-state index contributed by atoms with van der Waals surface area (Å²) in [6, 6.07) is 0. The lowest BCUT2D eigenvalue weighted by molar-refractivity contribution is 0.0521. The van der Waals surface area contributed by atoms with Crippen LogP contribution in [0.25, 0.3) is 0 Å². The highest BCUT2D eigenvalue weighted by Crippen LogP contribution is 2.34. The van der Waals surface area contributed by atoms with Crippen molar-refractivity contribution in [2.24, 2.45) is 0 Å². The van der Waals surface area contributed by atoms with E-state index in [0.29, 0.717) is 17.9 Å². The Hall–Kier alpha value is -1.69. The molecule has 0 aliphatic rings. The van der Waals surface area contributed by atoms with Crippen molar-refractivity contribution in [2.45, 2.75) is 47.5 Å². The predicted octanol–water partition coefficient (Wildman–Crippen LogP) is 2.05. The van der Waals surface area contributed by atoms with Crippen LogP contribution in [0.15, 0.2) is 0 Å². The number of ether oxygens (including phenoxy) is 2. The SMILES string of the molecule is CCOC(=O)c1c(CC)c(CC)c(C)c(C)c1OC.N.N.N.OB(O)O. The molecule has 1 aromatic rings. The molecular weight excluding hydrogens is 341 g/mol. The van der Waals surface area contributed by atoms with Gasteiger partial charge in [-0.2, -0.15) is 0 Å². The number of carbonyl (C=O) groups is 1. The molecule has 0 saturated carbocycles. The van der Waals surface area contributed by atoms with Crippen LogP contribution in [0.1, 0.15) is 53.4 Å². The number of carbonyl (C=O) groups excluding carboxylic acids is 1. The molecule has 154 valence electrons. The van der Waals surface area contributed by atoms with Crippen molar-refractivity contribution in [3.05, 3.63) is 27.8 Å². The number of rotatable bonds is 5. The molecule has 0 radical (unpaired) electrons. The normalized spacial score (nSPS) is 8.65. The lowest BCUT2D eigenvalue weighted by Crippen LogP contribution is -2.14. The number of hydrogen-bond acceptors (Lipinski definition) is 9. The van der Waals surface area contributed by atoms with Crippen LogP contribution in [-0.2, 0) is 17.6 Å². The minimum Gasteiger partial charge on any atom is -0.496 e. The summed E-state index contributed by atoms with van der Waals surface area (Å²) in [7, 11) is -0.560. The zero-order chi connectivity index (χ0) is 18.2. The highest BCUT2D eigenvalue weighted by Gasteiger charge is 2.24. The minimum absolute atomic E-state index is 0. The highest BCUT2D eigenvalue weighted by molar-refractivity contribution is 6.30. The molecule has 10 heteroatoms. The summed E-state index contributed by atoms with van der Waals surface area (Å²) in [4.78, 5) is 12.2. The zero-order valence-electron chi connectivity index (χ0n) is 16.9. The van der Waals surface area contributed by atoms with E-state index in [4.69, 9.17) is 24.5 Å². The third kappa shape index (κ3) is 8.13. The van der Waals surface area contributed by atoms with Gasteiger partial charge >= 0.3 is 13.3 Å². The molecule has 0 aliphatic carbocycles. The third-order valence-electron chi connectivity index (χ3n) is 3.64. The van der Waals surface area contributed by atoms with E-state index < -0.39 is 7.32 Å². The van der Waals surface area contributed by atoms with Crippen LogP contribution in [0.2, 0.25) is 0 Å². The molecule has 0 heterocycles. The van der Waals surface area contributed by atoms with Crippen molar-refractivity contribution in [3.63, 3.8) is 0 Å².